The minimum Gasteiger partial charge on any atom is -0.350 e. The predicted molar refractivity (Wildman–Crippen MR) is 181 cm³/mol. The summed E-state index contributed by atoms with van der Waals surface area (Å²) in [6.07, 6.45) is 4.35. The third-order valence-corrected chi connectivity index (χ3v) is 7.95. The molecule has 0 radical (unpaired) electrons. The Morgan fingerprint density at radius 1 is 0.733 bits per heavy atom. The van der Waals surface area contributed by atoms with Gasteiger partial charge in [-0.1, -0.05) is 109 Å². The summed E-state index contributed by atoms with van der Waals surface area (Å²) in [6, 6.07) is 31.8. The maximum Gasteiger partial charge on any atom is 0.246 e. The maximum absolute atomic E-state index is 14.4. The first-order chi connectivity index (χ1) is 21.5. The van der Waals surface area contributed by atoms with Gasteiger partial charge in [0.05, 0.1) is 0 Å². The maximum atomic E-state index is 14.4. The molecule has 0 heterocycles. The fraction of sp³-hybridized carbons (Fsp3) is 0.289. The molecule has 7 heteroatoms. The van der Waals surface area contributed by atoms with Crippen molar-refractivity contribution in [2.24, 2.45) is 5.73 Å². The monoisotopic (exact) mass is 604 g/mol. The Morgan fingerprint density at radius 2 is 1.31 bits per heavy atom. The number of nitrogens with one attached hydrogen (secondary N) is 1. The Kier molecular flexibility index (Phi) is 11.3. The van der Waals surface area contributed by atoms with Crippen LogP contribution in [0.25, 0.3) is 10.8 Å². The van der Waals surface area contributed by atoms with E-state index >= 15 is 0 Å². The van der Waals surface area contributed by atoms with Crippen LogP contribution in [0.15, 0.2) is 115 Å². The molecular formula is C38H44N4O3. The van der Waals surface area contributed by atoms with E-state index in [0.717, 1.165) is 27.5 Å². The zero-order valence-electron chi connectivity index (χ0n) is 26.6. The first-order valence-corrected chi connectivity index (χ1v) is 15.3. The summed E-state index contributed by atoms with van der Waals surface area (Å²) in [5, 5.41) is 5.17. The Labute approximate surface area is 266 Å². The lowest BCUT2D eigenvalue weighted by atomic mass is 9.98. The van der Waals surface area contributed by atoms with Crippen molar-refractivity contribution >= 4 is 28.5 Å². The molecule has 0 saturated heterocycles. The van der Waals surface area contributed by atoms with Crippen molar-refractivity contribution in [3.63, 3.8) is 0 Å². The molecule has 0 aromatic heterocycles. The smallest absolute Gasteiger partial charge is 0.246 e. The zero-order valence-corrected chi connectivity index (χ0v) is 26.6. The van der Waals surface area contributed by atoms with Crippen LogP contribution in [0, 0.1) is 0 Å². The number of nitrogens with zero attached hydrogens (tertiary/aromatic N) is 2. The van der Waals surface area contributed by atoms with E-state index in [1.54, 1.807) is 20.2 Å². The van der Waals surface area contributed by atoms with E-state index in [2.05, 4.69) is 11.4 Å². The molecule has 4 rings (SSSR count). The normalized spacial score (nSPS) is 12.9. The van der Waals surface area contributed by atoms with Crippen LogP contribution in [0.1, 0.15) is 37.0 Å². The van der Waals surface area contributed by atoms with Crippen molar-refractivity contribution < 1.29 is 14.4 Å². The largest absolute Gasteiger partial charge is 0.350 e. The van der Waals surface area contributed by atoms with Crippen molar-refractivity contribution in [2.75, 3.05) is 14.1 Å². The van der Waals surface area contributed by atoms with E-state index in [0.29, 0.717) is 19.4 Å². The average Bonchev–Trinajstić information content (AvgIpc) is 3.04. The molecule has 0 aliphatic heterocycles. The lowest BCUT2D eigenvalue weighted by Crippen LogP contribution is -2.55. The Hall–Kier alpha value is -4.75. The van der Waals surface area contributed by atoms with E-state index < -0.39 is 17.6 Å². The number of carbonyl (C=O) groups excluding carboxylic acids is 3. The molecule has 4 aromatic rings. The fourth-order valence-corrected chi connectivity index (χ4v) is 5.25. The van der Waals surface area contributed by atoms with Crippen molar-refractivity contribution in [1.82, 2.24) is 15.1 Å². The van der Waals surface area contributed by atoms with Crippen molar-refractivity contribution in [2.45, 2.75) is 57.3 Å². The standard InChI is InChI=1S/C38H44N4O3/c1-38(2,39)23-13-20-35(43)41(3)34(26-30-21-22-31-18-11-12-19-32(31)24-30)37(45)42(4)33(25-28-14-7-5-8-15-28)36(44)40-27-29-16-9-6-10-17-29/h5-22,24,33-34H,23,25-27,39H2,1-4H3,(H,40,44)/b20-13+/t33-,34-/m1/s1. The van der Waals surface area contributed by atoms with Gasteiger partial charge >= 0.3 is 0 Å². The summed E-state index contributed by atoms with van der Waals surface area (Å²) < 4.78 is 0. The highest BCUT2D eigenvalue weighted by molar-refractivity contribution is 5.95. The Morgan fingerprint density at radius 3 is 1.96 bits per heavy atom. The van der Waals surface area contributed by atoms with Crippen LogP contribution < -0.4 is 11.1 Å². The SMILES string of the molecule is CN(C(=O)/C=C/CC(C)(C)N)[C@H](Cc1ccc2ccccc2c1)C(=O)N(C)[C@H](Cc1ccccc1)C(=O)NCc1ccccc1. The number of hydrogen-bond donors (Lipinski definition) is 2. The molecule has 0 spiro atoms. The third-order valence-electron chi connectivity index (χ3n) is 7.95. The van der Waals surface area contributed by atoms with Gasteiger partial charge in [0.2, 0.25) is 17.7 Å². The first kappa shape index (κ1) is 33.1. The molecule has 0 fully saturated rings. The summed E-state index contributed by atoms with van der Waals surface area (Å²) in [5.41, 5.74) is 8.45. The Balaban J connectivity index is 1.63. The number of nitrogens with two attached hydrogens (primary N) is 1. The van der Waals surface area contributed by atoms with E-state index in [-0.39, 0.29) is 24.1 Å². The number of amides is 3. The highest BCUT2D eigenvalue weighted by Crippen LogP contribution is 2.20. The second-order valence-electron chi connectivity index (χ2n) is 12.3. The van der Waals surface area contributed by atoms with E-state index in [9.17, 15) is 14.4 Å². The fourth-order valence-electron chi connectivity index (χ4n) is 5.25. The van der Waals surface area contributed by atoms with Gasteiger partial charge in [0, 0.05) is 39.0 Å². The van der Waals surface area contributed by atoms with Gasteiger partial charge in [-0.05, 0) is 53.8 Å². The number of fused-ring (bicyclic) bond motifs is 1. The molecule has 7 nitrogen and oxygen atoms in total. The van der Waals surface area contributed by atoms with Crippen LogP contribution >= 0.6 is 0 Å². The minimum atomic E-state index is -0.848. The molecule has 2 atom stereocenters. The number of rotatable bonds is 13. The number of likely N-dealkylation sites (N-methyl/N-ethyl adjacent to an activating group) is 2. The van der Waals surface area contributed by atoms with Gasteiger partial charge in [0.15, 0.2) is 0 Å². The van der Waals surface area contributed by atoms with Gasteiger partial charge in [-0.25, -0.2) is 0 Å². The number of benzene rings is 4. The molecular weight excluding hydrogens is 560 g/mol. The van der Waals surface area contributed by atoms with Crippen LogP contribution in [0.5, 0.6) is 0 Å². The zero-order chi connectivity index (χ0) is 32.4. The minimum absolute atomic E-state index is 0.262. The van der Waals surface area contributed by atoms with E-state index in [1.807, 2.05) is 111 Å². The van der Waals surface area contributed by atoms with E-state index in [1.165, 1.54) is 15.9 Å². The summed E-state index contributed by atoms with van der Waals surface area (Å²) in [5.74, 6) is -0.885. The van der Waals surface area contributed by atoms with Gasteiger partial charge in [-0.15, -0.1) is 0 Å². The van der Waals surface area contributed by atoms with Gasteiger partial charge < -0.3 is 20.9 Å². The molecule has 3 amide bonds. The van der Waals surface area contributed by atoms with Crippen LogP contribution in [-0.2, 0) is 33.8 Å². The quantitative estimate of drug-likeness (QED) is 0.203. The summed E-state index contributed by atoms with van der Waals surface area (Å²) >= 11 is 0. The summed E-state index contributed by atoms with van der Waals surface area (Å²) in [7, 11) is 3.29. The highest BCUT2D eigenvalue weighted by Gasteiger charge is 2.34. The molecule has 3 N–H and O–H groups in total. The molecule has 0 unspecified atom stereocenters. The van der Waals surface area contributed by atoms with Crippen LogP contribution in [-0.4, -0.2) is 59.2 Å². The van der Waals surface area contributed by atoms with Gasteiger partial charge in [-0.2, -0.15) is 0 Å². The molecule has 4 aromatic carbocycles. The number of hydrogen-bond acceptors (Lipinski definition) is 4. The molecule has 234 valence electrons. The lowest BCUT2D eigenvalue weighted by molar-refractivity contribution is -0.146. The average molecular weight is 605 g/mol. The predicted octanol–water partition coefficient (Wildman–Crippen LogP) is 5.28. The molecule has 0 saturated carbocycles. The summed E-state index contributed by atoms with van der Waals surface area (Å²) in [6.45, 7) is 4.12. The molecule has 0 bridgehead atoms. The first-order valence-electron chi connectivity index (χ1n) is 15.3. The second kappa shape index (κ2) is 15.3. The van der Waals surface area contributed by atoms with Gasteiger partial charge in [0.1, 0.15) is 12.1 Å². The third kappa shape index (κ3) is 9.62. The second-order valence-corrected chi connectivity index (χ2v) is 12.3. The van der Waals surface area contributed by atoms with Gasteiger partial charge in [-0.3, -0.25) is 14.4 Å². The lowest BCUT2D eigenvalue weighted by Gasteiger charge is -2.34. The summed E-state index contributed by atoms with van der Waals surface area (Å²) in [4.78, 5) is 44.5. The number of carbonyl (C=O) groups is 3. The van der Waals surface area contributed by atoms with Crippen molar-refractivity contribution in [3.05, 3.63) is 132 Å². The van der Waals surface area contributed by atoms with Crippen molar-refractivity contribution in [1.29, 1.82) is 0 Å². The topological polar surface area (TPSA) is 95.7 Å². The highest BCUT2D eigenvalue weighted by atomic mass is 16.2. The van der Waals surface area contributed by atoms with Crippen molar-refractivity contribution in [3.8, 4) is 0 Å². The molecule has 0 aliphatic rings. The van der Waals surface area contributed by atoms with Gasteiger partial charge in [0.25, 0.3) is 0 Å². The Bertz CT molecular complexity index is 1610. The van der Waals surface area contributed by atoms with E-state index in [4.69, 9.17) is 5.73 Å². The molecule has 0 aliphatic carbocycles. The molecule has 45 heavy (non-hydrogen) atoms. The van der Waals surface area contributed by atoms with Crippen LogP contribution in [0.4, 0.5) is 0 Å². The van der Waals surface area contributed by atoms with Crippen LogP contribution in [0.3, 0.4) is 0 Å². The van der Waals surface area contributed by atoms with Crippen LogP contribution in [0.2, 0.25) is 0 Å².